The predicted molar refractivity (Wildman–Crippen MR) is 81.7 cm³/mol. The molecule has 1 aliphatic heterocycles. The molecule has 0 spiro atoms. The average molecular weight is 287 g/mol. The smallest absolute Gasteiger partial charge is 0.153 e. The van der Waals surface area contributed by atoms with Crippen LogP contribution in [0.25, 0.3) is 5.82 Å². The van der Waals surface area contributed by atoms with E-state index in [0.717, 1.165) is 37.7 Å². The quantitative estimate of drug-likeness (QED) is 0.871. The van der Waals surface area contributed by atoms with Crippen LogP contribution in [0.2, 0.25) is 0 Å². The molecule has 3 rings (SSSR count). The van der Waals surface area contributed by atoms with Gasteiger partial charge in [0.1, 0.15) is 0 Å². The highest BCUT2D eigenvalue weighted by atomic mass is 16.5. The van der Waals surface area contributed by atoms with Crippen molar-refractivity contribution in [3.63, 3.8) is 0 Å². The second kappa shape index (κ2) is 6.69. The molecule has 2 N–H and O–H groups in total. The van der Waals surface area contributed by atoms with Crippen molar-refractivity contribution in [2.45, 2.75) is 25.4 Å². The Balaban J connectivity index is 1.54. The third-order valence-corrected chi connectivity index (χ3v) is 3.54. The first-order valence-electron chi connectivity index (χ1n) is 7.35. The average Bonchev–Trinajstić information content (AvgIpc) is 3.03. The lowest BCUT2D eigenvalue weighted by atomic mass is 10.1. The third-order valence-electron chi connectivity index (χ3n) is 3.54. The van der Waals surface area contributed by atoms with Crippen LogP contribution in [0.5, 0.6) is 0 Å². The van der Waals surface area contributed by atoms with Crippen LogP contribution in [0.3, 0.4) is 0 Å². The van der Waals surface area contributed by atoms with E-state index in [1.165, 1.54) is 0 Å². The van der Waals surface area contributed by atoms with Crippen molar-refractivity contribution in [3.8, 4) is 5.82 Å². The minimum absolute atomic E-state index is 0.363. The molecule has 1 fully saturated rings. The topological polar surface area (TPSA) is 64.0 Å². The summed E-state index contributed by atoms with van der Waals surface area (Å²) in [7, 11) is 0. The number of hydrogen-bond acceptors (Lipinski definition) is 5. The minimum Gasteiger partial charge on any atom is -0.381 e. The molecule has 0 radical (unpaired) electrons. The predicted octanol–water partition coefficient (Wildman–Crippen LogP) is 1.45. The summed E-state index contributed by atoms with van der Waals surface area (Å²) < 4.78 is 7.22. The molecule has 2 aromatic rings. The molecule has 112 valence electrons. The van der Waals surface area contributed by atoms with E-state index in [9.17, 15) is 0 Å². The monoisotopic (exact) mass is 287 g/mol. The molecule has 0 saturated carbocycles. The normalized spacial score (nSPS) is 20.1. The minimum atomic E-state index is 0.363. The zero-order chi connectivity index (χ0) is 14.5. The Morgan fingerprint density at radius 2 is 2.48 bits per heavy atom. The van der Waals surface area contributed by atoms with Crippen molar-refractivity contribution < 1.29 is 4.74 Å². The number of anilines is 1. The molecule has 3 heterocycles. The van der Waals surface area contributed by atoms with Gasteiger partial charge in [0.2, 0.25) is 0 Å². The molecular formula is C15H21N5O. The second-order valence-electron chi connectivity index (χ2n) is 5.36. The van der Waals surface area contributed by atoms with Crippen LogP contribution in [0.1, 0.15) is 13.3 Å². The number of morpholine rings is 1. The summed E-state index contributed by atoms with van der Waals surface area (Å²) in [5.41, 5.74) is 1.02. The molecule has 6 heteroatoms. The fraction of sp³-hybridized carbons (Fsp3) is 0.467. The van der Waals surface area contributed by atoms with Crippen LogP contribution < -0.4 is 10.6 Å². The number of nitrogens with zero attached hydrogens (tertiary/aromatic N) is 3. The van der Waals surface area contributed by atoms with Crippen molar-refractivity contribution in [1.82, 2.24) is 20.1 Å². The van der Waals surface area contributed by atoms with Crippen LogP contribution >= 0.6 is 0 Å². The summed E-state index contributed by atoms with van der Waals surface area (Å²) in [6, 6.07) is 6.67. The maximum atomic E-state index is 5.48. The molecule has 21 heavy (non-hydrogen) atoms. The van der Waals surface area contributed by atoms with Gasteiger partial charge in [-0.25, -0.2) is 9.67 Å². The maximum Gasteiger partial charge on any atom is 0.153 e. The number of aromatic nitrogens is 3. The standard InChI is InChI=1S/C15H21N5O/c1-12(9-14-11-21-8-6-16-14)19-13-3-4-15(17-10-13)20-7-2-5-18-20/h2-5,7,10,12,14,16,19H,6,8-9,11H2,1H3. The number of pyridine rings is 1. The Bertz CT molecular complexity index is 534. The summed E-state index contributed by atoms with van der Waals surface area (Å²) in [5.74, 6) is 0.820. The lowest BCUT2D eigenvalue weighted by molar-refractivity contribution is 0.0731. The highest BCUT2D eigenvalue weighted by Gasteiger charge is 2.16. The fourth-order valence-electron chi connectivity index (χ4n) is 2.55. The van der Waals surface area contributed by atoms with Gasteiger partial charge < -0.3 is 15.4 Å². The van der Waals surface area contributed by atoms with E-state index < -0.39 is 0 Å². The number of hydrogen-bond donors (Lipinski definition) is 2. The zero-order valence-corrected chi connectivity index (χ0v) is 12.2. The molecule has 6 nitrogen and oxygen atoms in total. The highest BCUT2D eigenvalue weighted by Crippen LogP contribution is 2.12. The van der Waals surface area contributed by atoms with E-state index in [-0.39, 0.29) is 0 Å². The molecule has 1 aliphatic rings. The lowest BCUT2D eigenvalue weighted by Crippen LogP contribution is -2.43. The SMILES string of the molecule is CC(CC1COCCN1)Nc1ccc(-n2cccn2)nc1. The van der Waals surface area contributed by atoms with Crippen LogP contribution in [0, 0.1) is 0 Å². The van der Waals surface area contributed by atoms with Crippen LogP contribution in [0.15, 0.2) is 36.8 Å². The van der Waals surface area contributed by atoms with Crippen LogP contribution in [0.4, 0.5) is 5.69 Å². The van der Waals surface area contributed by atoms with E-state index in [4.69, 9.17) is 4.74 Å². The van der Waals surface area contributed by atoms with Gasteiger partial charge in [0, 0.05) is 31.0 Å². The van der Waals surface area contributed by atoms with E-state index in [2.05, 4.69) is 27.6 Å². The van der Waals surface area contributed by atoms with Crippen molar-refractivity contribution in [2.24, 2.45) is 0 Å². The largest absolute Gasteiger partial charge is 0.381 e. The fourth-order valence-corrected chi connectivity index (χ4v) is 2.55. The summed E-state index contributed by atoms with van der Waals surface area (Å²) in [4.78, 5) is 4.42. The molecule has 0 amide bonds. The molecule has 2 unspecified atom stereocenters. The maximum absolute atomic E-state index is 5.48. The van der Waals surface area contributed by atoms with Crippen LogP contribution in [-0.2, 0) is 4.74 Å². The Morgan fingerprint density at radius 3 is 3.14 bits per heavy atom. The van der Waals surface area contributed by atoms with Gasteiger partial charge in [-0.3, -0.25) is 0 Å². The number of rotatable bonds is 5. The molecule has 2 atom stereocenters. The molecular weight excluding hydrogens is 266 g/mol. The molecule has 0 bridgehead atoms. The van der Waals surface area contributed by atoms with Gasteiger partial charge in [0.15, 0.2) is 5.82 Å². The van der Waals surface area contributed by atoms with Gasteiger partial charge >= 0.3 is 0 Å². The summed E-state index contributed by atoms with van der Waals surface area (Å²) >= 11 is 0. The zero-order valence-electron chi connectivity index (χ0n) is 12.2. The van der Waals surface area contributed by atoms with Gasteiger partial charge in [-0.1, -0.05) is 0 Å². The molecule has 2 aromatic heterocycles. The Labute approximate surface area is 124 Å². The van der Waals surface area contributed by atoms with Crippen molar-refractivity contribution in [3.05, 3.63) is 36.8 Å². The first kappa shape index (κ1) is 14.0. The molecule has 0 aromatic carbocycles. The summed E-state index contributed by atoms with van der Waals surface area (Å²) in [6.45, 7) is 4.73. The Morgan fingerprint density at radius 1 is 1.52 bits per heavy atom. The number of ether oxygens (including phenoxy) is 1. The Hall–Kier alpha value is -1.92. The van der Waals surface area contributed by atoms with Gasteiger partial charge in [-0.15, -0.1) is 0 Å². The first-order valence-corrected chi connectivity index (χ1v) is 7.35. The first-order chi connectivity index (χ1) is 10.3. The van der Waals surface area contributed by atoms with Crippen LogP contribution in [-0.4, -0.2) is 46.6 Å². The highest BCUT2D eigenvalue weighted by molar-refractivity contribution is 5.44. The lowest BCUT2D eigenvalue weighted by Gasteiger charge is -2.27. The van der Waals surface area contributed by atoms with E-state index in [0.29, 0.717) is 12.1 Å². The Kier molecular flexibility index (Phi) is 4.47. The van der Waals surface area contributed by atoms with Crippen molar-refractivity contribution in [2.75, 3.05) is 25.1 Å². The van der Waals surface area contributed by atoms with E-state index >= 15 is 0 Å². The van der Waals surface area contributed by atoms with Gasteiger partial charge in [-0.2, -0.15) is 5.10 Å². The molecule has 0 aliphatic carbocycles. The summed E-state index contributed by atoms with van der Waals surface area (Å²) in [5, 5.41) is 11.1. The van der Waals surface area contributed by atoms with Crippen molar-refractivity contribution >= 4 is 5.69 Å². The van der Waals surface area contributed by atoms with Gasteiger partial charge in [-0.05, 0) is 31.5 Å². The summed E-state index contributed by atoms with van der Waals surface area (Å²) in [6.07, 6.45) is 6.50. The van der Waals surface area contributed by atoms with Gasteiger partial charge in [0.05, 0.1) is 25.1 Å². The van der Waals surface area contributed by atoms with E-state index in [1.807, 2.05) is 30.6 Å². The van der Waals surface area contributed by atoms with Crippen molar-refractivity contribution in [1.29, 1.82) is 0 Å². The third kappa shape index (κ3) is 3.80. The number of nitrogens with one attached hydrogen (secondary N) is 2. The van der Waals surface area contributed by atoms with E-state index in [1.54, 1.807) is 10.9 Å². The van der Waals surface area contributed by atoms with Gasteiger partial charge in [0.25, 0.3) is 0 Å². The second-order valence-corrected chi connectivity index (χ2v) is 5.36. The molecule has 1 saturated heterocycles.